The standard InChI is InChI=1S/C16H29N5O9/c1-5(22)10(18)14(27)19-8(4-9(17)25)13(26)20-11(6(2)23)15(28)21-12(7(3)24)16(29)30/h5-8,10-12,22-24H,4,18H2,1-3H3,(H2,17,25)(H,19,27)(H,20,26)(H,21,28)(H,29,30)/t5-,6-,7-,8+,10+,11+,12+/m1/s1. The second kappa shape index (κ2) is 12.0. The number of rotatable bonds is 12. The minimum atomic E-state index is -1.72. The minimum Gasteiger partial charge on any atom is -0.480 e. The number of aliphatic hydroxyl groups is 3. The molecule has 172 valence electrons. The molecule has 14 heteroatoms. The van der Waals surface area contributed by atoms with Crippen LogP contribution in [0.2, 0.25) is 0 Å². The predicted molar refractivity (Wildman–Crippen MR) is 100 cm³/mol. The highest BCUT2D eigenvalue weighted by atomic mass is 16.4. The smallest absolute Gasteiger partial charge is 0.328 e. The zero-order chi connectivity index (χ0) is 23.8. The van der Waals surface area contributed by atoms with Gasteiger partial charge in [0.05, 0.1) is 24.7 Å². The molecule has 30 heavy (non-hydrogen) atoms. The van der Waals surface area contributed by atoms with Crippen LogP contribution < -0.4 is 27.4 Å². The van der Waals surface area contributed by atoms with Gasteiger partial charge in [-0.15, -0.1) is 0 Å². The molecule has 14 nitrogen and oxygen atoms in total. The highest BCUT2D eigenvalue weighted by Gasteiger charge is 2.34. The molecule has 0 aliphatic rings. The molecule has 11 N–H and O–H groups in total. The van der Waals surface area contributed by atoms with Crippen LogP contribution in [0.3, 0.4) is 0 Å². The van der Waals surface area contributed by atoms with Crippen LogP contribution in [-0.4, -0.2) is 92.5 Å². The van der Waals surface area contributed by atoms with Crippen molar-refractivity contribution in [3.8, 4) is 0 Å². The number of aliphatic hydroxyl groups excluding tert-OH is 3. The third kappa shape index (κ3) is 8.69. The van der Waals surface area contributed by atoms with Crippen LogP contribution in [0.1, 0.15) is 27.2 Å². The summed E-state index contributed by atoms with van der Waals surface area (Å²) in [5.41, 5.74) is 10.5. The minimum absolute atomic E-state index is 0.691. The molecular weight excluding hydrogens is 406 g/mol. The van der Waals surface area contributed by atoms with Gasteiger partial charge in [-0.1, -0.05) is 0 Å². The van der Waals surface area contributed by atoms with Crippen LogP contribution in [0.4, 0.5) is 0 Å². The predicted octanol–water partition coefficient (Wildman–Crippen LogP) is -5.13. The Morgan fingerprint density at radius 1 is 0.767 bits per heavy atom. The largest absolute Gasteiger partial charge is 0.480 e. The van der Waals surface area contributed by atoms with E-state index in [4.69, 9.17) is 16.6 Å². The molecule has 7 atom stereocenters. The quantitative estimate of drug-likeness (QED) is 0.141. The summed E-state index contributed by atoms with van der Waals surface area (Å²) in [4.78, 5) is 59.1. The fraction of sp³-hybridized carbons (Fsp3) is 0.688. The van der Waals surface area contributed by atoms with E-state index in [1.165, 1.54) is 6.92 Å². The molecule has 0 rings (SSSR count). The summed E-state index contributed by atoms with van der Waals surface area (Å²) in [6.07, 6.45) is -4.97. The Hall–Kier alpha value is -2.81. The van der Waals surface area contributed by atoms with Crippen molar-refractivity contribution < 1.29 is 44.4 Å². The van der Waals surface area contributed by atoms with E-state index < -0.39 is 78.5 Å². The number of hydrogen-bond acceptors (Lipinski definition) is 9. The van der Waals surface area contributed by atoms with Gasteiger partial charge in [0.1, 0.15) is 18.1 Å². The second-order valence-corrected chi connectivity index (χ2v) is 6.79. The fourth-order valence-corrected chi connectivity index (χ4v) is 2.19. The van der Waals surface area contributed by atoms with Crippen LogP contribution in [0.5, 0.6) is 0 Å². The van der Waals surface area contributed by atoms with Crippen molar-refractivity contribution in [2.24, 2.45) is 11.5 Å². The average molecular weight is 435 g/mol. The number of nitrogens with two attached hydrogens (primary N) is 2. The summed E-state index contributed by atoms with van der Waals surface area (Å²) in [5, 5.41) is 43.8. The lowest BCUT2D eigenvalue weighted by molar-refractivity contribution is -0.146. The van der Waals surface area contributed by atoms with E-state index in [2.05, 4.69) is 10.6 Å². The van der Waals surface area contributed by atoms with Crippen molar-refractivity contribution in [1.82, 2.24) is 16.0 Å². The highest BCUT2D eigenvalue weighted by Crippen LogP contribution is 2.02. The number of primary amides is 1. The number of carbonyl (C=O) groups excluding carboxylic acids is 4. The van der Waals surface area contributed by atoms with Gasteiger partial charge in [-0.05, 0) is 20.8 Å². The molecule has 0 aromatic heterocycles. The van der Waals surface area contributed by atoms with Crippen molar-refractivity contribution in [3.63, 3.8) is 0 Å². The monoisotopic (exact) mass is 435 g/mol. The van der Waals surface area contributed by atoms with E-state index in [1.807, 2.05) is 5.32 Å². The number of aliphatic carboxylic acids is 1. The molecule has 0 aromatic rings. The summed E-state index contributed by atoms with van der Waals surface area (Å²) in [5.74, 6) is -5.77. The van der Waals surface area contributed by atoms with E-state index in [-0.39, 0.29) is 0 Å². The maximum Gasteiger partial charge on any atom is 0.328 e. The van der Waals surface area contributed by atoms with Gasteiger partial charge in [0.25, 0.3) is 0 Å². The molecule has 0 radical (unpaired) electrons. The SMILES string of the molecule is C[C@@H](O)[C@H](N)C(=O)N[C@@H](CC(N)=O)C(=O)N[C@H](C(=O)N[C@H](C(=O)O)[C@@H](C)O)[C@@H](C)O. The Labute approximate surface area is 172 Å². The Kier molecular flexibility index (Phi) is 10.9. The maximum absolute atomic E-state index is 12.5. The van der Waals surface area contributed by atoms with Gasteiger partial charge < -0.3 is 47.8 Å². The van der Waals surface area contributed by atoms with E-state index in [0.29, 0.717) is 0 Å². The number of carboxylic acid groups (broad SMARTS) is 1. The Bertz CT molecular complexity index is 653. The van der Waals surface area contributed by atoms with Crippen molar-refractivity contribution in [3.05, 3.63) is 0 Å². The third-order valence-corrected chi connectivity index (χ3v) is 3.97. The number of hydrogen-bond donors (Lipinski definition) is 9. The van der Waals surface area contributed by atoms with Crippen LogP contribution in [0.15, 0.2) is 0 Å². The molecule has 0 fully saturated rings. The van der Waals surface area contributed by atoms with E-state index >= 15 is 0 Å². The fourth-order valence-electron chi connectivity index (χ4n) is 2.19. The first kappa shape index (κ1) is 27.2. The molecule has 0 saturated carbocycles. The normalized spacial score (nSPS) is 18.0. The number of amides is 4. The van der Waals surface area contributed by atoms with Gasteiger partial charge in [0.15, 0.2) is 6.04 Å². The van der Waals surface area contributed by atoms with Crippen LogP contribution >= 0.6 is 0 Å². The summed E-state index contributed by atoms with van der Waals surface area (Å²) in [6.45, 7) is 3.45. The van der Waals surface area contributed by atoms with Crippen LogP contribution in [0.25, 0.3) is 0 Å². The van der Waals surface area contributed by atoms with Gasteiger partial charge >= 0.3 is 5.97 Å². The second-order valence-electron chi connectivity index (χ2n) is 6.79. The molecule has 0 aromatic carbocycles. The zero-order valence-electron chi connectivity index (χ0n) is 16.7. The molecule has 4 amide bonds. The third-order valence-electron chi connectivity index (χ3n) is 3.97. The van der Waals surface area contributed by atoms with Gasteiger partial charge in [-0.2, -0.15) is 0 Å². The molecule has 0 spiro atoms. The lowest BCUT2D eigenvalue weighted by Gasteiger charge is -2.27. The lowest BCUT2D eigenvalue weighted by Crippen LogP contribution is -2.61. The summed E-state index contributed by atoms with van der Waals surface area (Å²) < 4.78 is 0. The molecule has 0 bridgehead atoms. The Morgan fingerprint density at radius 2 is 1.23 bits per heavy atom. The van der Waals surface area contributed by atoms with Crippen molar-refractivity contribution in [2.75, 3.05) is 0 Å². The van der Waals surface area contributed by atoms with E-state index in [1.54, 1.807) is 0 Å². The lowest BCUT2D eigenvalue weighted by atomic mass is 10.1. The molecule has 0 heterocycles. The zero-order valence-corrected chi connectivity index (χ0v) is 16.7. The first-order valence-corrected chi connectivity index (χ1v) is 8.91. The van der Waals surface area contributed by atoms with Gasteiger partial charge in [-0.3, -0.25) is 19.2 Å². The van der Waals surface area contributed by atoms with Gasteiger partial charge in [0.2, 0.25) is 23.6 Å². The molecule has 0 aliphatic carbocycles. The molecule has 0 aliphatic heterocycles. The Balaban J connectivity index is 5.46. The topological polar surface area (TPSA) is 254 Å². The number of carboxylic acids is 1. The highest BCUT2D eigenvalue weighted by molar-refractivity contribution is 5.96. The average Bonchev–Trinajstić information content (AvgIpc) is 2.60. The molecule has 0 saturated heterocycles. The van der Waals surface area contributed by atoms with Crippen molar-refractivity contribution in [1.29, 1.82) is 0 Å². The van der Waals surface area contributed by atoms with Crippen LogP contribution in [-0.2, 0) is 24.0 Å². The number of nitrogens with one attached hydrogen (secondary N) is 3. The first-order chi connectivity index (χ1) is 13.7. The maximum atomic E-state index is 12.5. The molecular formula is C16H29N5O9. The number of carbonyl (C=O) groups is 5. The summed E-state index contributed by atoms with van der Waals surface area (Å²) in [7, 11) is 0. The molecule has 0 unspecified atom stereocenters. The summed E-state index contributed by atoms with van der Waals surface area (Å²) in [6, 6.07) is -6.44. The van der Waals surface area contributed by atoms with Crippen molar-refractivity contribution in [2.45, 2.75) is 69.7 Å². The van der Waals surface area contributed by atoms with Crippen molar-refractivity contribution >= 4 is 29.6 Å². The summed E-state index contributed by atoms with van der Waals surface area (Å²) >= 11 is 0. The van der Waals surface area contributed by atoms with Gasteiger partial charge in [0, 0.05) is 0 Å². The first-order valence-electron chi connectivity index (χ1n) is 8.91. The van der Waals surface area contributed by atoms with E-state index in [0.717, 1.165) is 13.8 Å². The Morgan fingerprint density at radius 3 is 1.60 bits per heavy atom. The van der Waals surface area contributed by atoms with Gasteiger partial charge in [-0.25, -0.2) is 4.79 Å². The van der Waals surface area contributed by atoms with E-state index in [9.17, 15) is 39.3 Å². The van der Waals surface area contributed by atoms with Crippen LogP contribution in [0, 0.1) is 0 Å².